The van der Waals surface area contributed by atoms with Crippen molar-refractivity contribution < 1.29 is 36.0 Å². The minimum absolute atomic E-state index is 0.00447. The minimum atomic E-state index is -4.14. The first-order valence-electron chi connectivity index (χ1n) is 14.4. The number of halogens is 3. The van der Waals surface area contributed by atoms with Gasteiger partial charge in [0, 0.05) is 25.4 Å². The van der Waals surface area contributed by atoms with Gasteiger partial charge in [-0.05, 0) is 87.5 Å². The Balaban J connectivity index is 1.14. The largest absolute Gasteiger partial charge is 0.389 e. The third-order valence-corrected chi connectivity index (χ3v) is 10.9. The van der Waals surface area contributed by atoms with Crippen LogP contribution in [0.1, 0.15) is 62.5 Å². The van der Waals surface area contributed by atoms with Crippen LogP contribution in [-0.2, 0) is 26.0 Å². The number of hydrogen-bond donors (Lipinski definition) is 2. The highest BCUT2D eigenvalue weighted by atomic mass is 32.2. The molecule has 5 rings (SSSR count). The van der Waals surface area contributed by atoms with Gasteiger partial charge in [-0.3, -0.25) is 14.6 Å². The Bertz CT molecular complexity index is 1360. The first-order chi connectivity index (χ1) is 19.8. The molecular weight excluding hydrogens is 575 g/mol. The van der Waals surface area contributed by atoms with Gasteiger partial charge < -0.3 is 10.6 Å². The number of nitrogens with zero attached hydrogens (tertiary/aromatic N) is 3. The predicted octanol–water partition coefficient (Wildman–Crippen LogP) is 3.44. The quantitative estimate of drug-likeness (QED) is 0.436. The number of carbonyl (C=O) groups excluding carboxylic acids is 3. The molecular formula is C28H36F3N5O5S. The van der Waals surface area contributed by atoms with Crippen molar-refractivity contribution in [3.8, 4) is 0 Å². The summed E-state index contributed by atoms with van der Waals surface area (Å²) >= 11 is 0. The number of amidine groups is 1. The molecule has 1 aromatic rings. The van der Waals surface area contributed by atoms with Crippen molar-refractivity contribution in [3.05, 3.63) is 29.3 Å². The summed E-state index contributed by atoms with van der Waals surface area (Å²) in [6.45, 7) is 2.08. The Kier molecular flexibility index (Phi) is 8.40. The highest BCUT2D eigenvalue weighted by molar-refractivity contribution is 7.89. The highest BCUT2D eigenvalue weighted by Gasteiger charge is 2.48. The minimum Gasteiger partial charge on any atom is -0.328 e. The van der Waals surface area contributed by atoms with Crippen LogP contribution in [0.4, 0.5) is 23.7 Å². The topological polar surface area (TPSA) is 128 Å². The summed E-state index contributed by atoms with van der Waals surface area (Å²) < 4.78 is 65.5. The number of aryl methyl sites for hydroxylation is 2. The Labute approximate surface area is 243 Å². The lowest BCUT2D eigenvalue weighted by Gasteiger charge is -2.34. The number of carbonyl (C=O) groups is 3. The van der Waals surface area contributed by atoms with Crippen LogP contribution in [0.25, 0.3) is 0 Å². The number of urea groups is 1. The van der Waals surface area contributed by atoms with Crippen LogP contribution in [0, 0.1) is 18.8 Å². The van der Waals surface area contributed by atoms with E-state index in [1.165, 1.54) is 4.31 Å². The molecule has 0 bridgehead atoms. The number of piperidine rings is 1. The van der Waals surface area contributed by atoms with E-state index in [1.807, 2.05) is 0 Å². The summed E-state index contributed by atoms with van der Waals surface area (Å²) in [6.07, 6.45) is -1.29. The Morgan fingerprint density at radius 1 is 1.07 bits per heavy atom. The van der Waals surface area contributed by atoms with E-state index in [1.54, 1.807) is 25.1 Å². The number of rotatable bonds is 8. The maximum atomic E-state index is 13.2. The molecule has 1 aliphatic carbocycles. The summed E-state index contributed by atoms with van der Waals surface area (Å²) in [5, 5.41) is 5.38. The SMILES string of the molecule is Cc1cc(N2C(=O)CNC2=O)ccc1CCS(=O)(=O)N1CCC2(CC1)N=C(C1CCC(CCC(F)(F)F)CC1)NC2=O. The van der Waals surface area contributed by atoms with Gasteiger partial charge in [-0.2, -0.15) is 13.2 Å². The number of sulfonamides is 1. The Hall–Kier alpha value is -3.00. The summed E-state index contributed by atoms with van der Waals surface area (Å²) in [7, 11) is -3.62. The number of aliphatic imine (C=N–C) groups is 1. The number of alkyl halides is 3. The zero-order chi connectivity index (χ0) is 30.3. The molecule has 42 heavy (non-hydrogen) atoms. The number of benzene rings is 1. The zero-order valence-corrected chi connectivity index (χ0v) is 24.3. The molecule has 1 aromatic carbocycles. The van der Waals surface area contributed by atoms with E-state index in [-0.39, 0.29) is 74.7 Å². The third kappa shape index (κ3) is 6.48. The van der Waals surface area contributed by atoms with Crippen LogP contribution in [0.3, 0.4) is 0 Å². The van der Waals surface area contributed by atoms with Crippen molar-refractivity contribution >= 4 is 39.4 Å². The normalized spacial score (nSPS) is 25.1. The monoisotopic (exact) mass is 611 g/mol. The second-order valence-electron chi connectivity index (χ2n) is 11.8. The Morgan fingerprint density at radius 3 is 2.36 bits per heavy atom. The van der Waals surface area contributed by atoms with Crippen LogP contribution in [0.15, 0.2) is 23.2 Å². The molecule has 4 aliphatic rings. The van der Waals surface area contributed by atoms with E-state index in [4.69, 9.17) is 4.99 Å². The molecule has 1 saturated carbocycles. The zero-order valence-electron chi connectivity index (χ0n) is 23.5. The fraction of sp³-hybridized carbons (Fsp3) is 0.643. The number of nitrogens with one attached hydrogen (secondary N) is 2. The molecule has 14 heteroatoms. The van der Waals surface area contributed by atoms with E-state index in [9.17, 15) is 36.0 Å². The predicted molar refractivity (Wildman–Crippen MR) is 149 cm³/mol. The van der Waals surface area contributed by atoms with Gasteiger partial charge in [0.2, 0.25) is 10.0 Å². The van der Waals surface area contributed by atoms with Crippen molar-refractivity contribution in [1.82, 2.24) is 14.9 Å². The molecule has 0 unspecified atom stereocenters. The van der Waals surface area contributed by atoms with Gasteiger partial charge in [-0.15, -0.1) is 0 Å². The number of amides is 4. The van der Waals surface area contributed by atoms with Crippen molar-refractivity contribution in [2.45, 2.75) is 76.4 Å². The van der Waals surface area contributed by atoms with Crippen LogP contribution in [0.2, 0.25) is 0 Å². The van der Waals surface area contributed by atoms with E-state index < -0.39 is 34.2 Å². The lowest BCUT2D eigenvalue weighted by Crippen LogP contribution is -2.51. The van der Waals surface area contributed by atoms with Gasteiger partial charge in [0.25, 0.3) is 11.8 Å². The van der Waals surface area contributed by atoms with Crippen LogP contribution in [0.5, 0.6) is 0 Å². The first kappa shape index (κ1) is 30.5. The van der Waals surface area contributed by atoms with E-state index >= 15 is 0 Å². The van der Waals surface area contributed by atoms with Gasteiger partial charge in [0.05, 0.1) is 18.0 Å². The highest BCUT2D eigenvalue weighted by Crippen LogP contribution is 2.38. The molecule has 0 radical (unpaired) electrons. The molecule has 2 saturated heterocycles. The third-order valence-electron chi connectivity index (χ3n) is 9.07. The summed E-state index contributed by atoms with van der Waals surface area (Å²) in [5.41, 5.74) is 0.997. The van der Waals surface area contributed by atoms with Crippen molar-refractivity contribution in [2.75, 3.05) is 30.3 Å². The molecule has 0 atom stereocenters. The van der Waals surface area contributed by atoms with Crippen LogP contribution in [-0.4, -0.2) is 73.5 Å². The fourth-order valence-corrected chi connectivity index (χ4v) is 7.93. The number of imide groups is 1. The molecule has 10 nitrogen and oxygen atoms in total. The molecule has 1 spiro atoms. The van der Waals surface area contributed by atoms with Crippen molar-refractivity contribution in [1.29, 1.82) is 0 Å². The molecule has 3 heterocycles. The average molecular weight is 612 g/mol. The van der Waals surface area contributed by atoms with Gasteiger partial charge in [-0.25, -0.2) is 22.4 Å². The summed E-state index contributed by atoms with van der Waals surface area (Å²) in [6, 6.07) is 4.56. The molecule has 3 aliphatic heterocycles. The van der Waals surface area contributed by atoms with Crippen molar-refractivity contribution in [2.24, 2.45) is 16.8 Å². The second-order valence-corrected chi connectivity index (χ2v) is 13.9. The van der Waals surface area contributed by atoms with Crippen molar-refractivity contribution in [3.63, 3.8) is 0 Å². The Morgan fingerprint density at radius 2 is 1.76 bits per heavy atom. The maximum Gasteiger partial charge on any atom is 0.389 e. The van der Waals surface area contributed by atoms with Crippen LogP contribution >= 0.6 is 0 Å². The van der Waals surface area contributed by atoms with Gasteiger partial charge >= 0.3 is 12.2 Å². The molecule has 4 amide bonds. The van der Waals surface area contributed by atoms with E-state index in [0.717, 1.165) is 16.0 Å². The number of anilines is 1. The lowest BCUT2D eigenvalue weighted by molar-refractivity contribution is -0.138. The van der Waals surface area contributed by atoms with Gasteiger partial charge in [-0.1, -0.05) is 6.07 Å². The lowest BCUT2D eigenvalue weighted by atomic mass is 9.79. The maximum absolute atomic E-state index is 13.2. The summed E-state index contributed by atoms with van der Waals surface area (Å²) in [4.78, 5) is 42.7. The second kappa shape index (κ2) is 11.6. The standard InChI is InChI=1S/C28H36F3N5O5S/c1-18-16-22(36-23(37)17-32-26(36)39)7-6-20(18)9-15-42(40,41)35-13-11-27(12-14-35)25(38)33-24(34-27)21-4-2-19(3-5-21)8-10-28(29,30)31/h6-7,16,19,21H,2-5,8-15,17H2,1H3,(H,32,39)(H,33,34,38). The smallest absolute Gasteiger partial charge is 0.328 e. The van der Waals surface area contributed by atoms with Gasteiger partial charge in [0.15, 0.2) is 0 Å². The average Bonchev–Trinajstić information content (AvgIpc) is 3.44. The first-order valence-corrected chi connectivity index (χ1v) is 16.0. The van der Waals surface area contributed by atoms with Gasteiger partial charge in [0.1, 0.15) is 11.4 Å². The number of hydrogen-bond acceptors (Lipinski definition) is 6. The molecule has 0 aromatic heterocycles. The molecule has 2 N–H and O–H groups in total. The van der Waals surface area contributed by atoms with E-state index in [0.29, 0.717) is 37.2 Å². The summed E-state index contributed by atoms with van der Waals surface area (Å²) in [5.74, 6) is -0.0727. The van der Waals surface area contributed by atoms with Crippen LogP contribution < -0.4 is 15.5 Å². The molecule has 230 valence electrons. The van der Waals surface area contributed by atoms with E-state index in [2.05, 4.69) is 10.6 Å². The molecule has 3 fully saturated rings. The fourth-order valence-electron chi connectivity index (χ4n) is 6.45.